The van der Waals surface area contributed by atoms with Gasteiger partial charge in [-0.05, 0) is 39.0 Å². The molecule has 3 heterocycles. The molecule has 0 amide bonds. The number of ether oxygens (including phenoxy) is 2. The highest BCUT2D eigenvalue weighted by Crippen LogP contribution is 2.60. The van der Waals surface area contributed by atoms with Crippen LogP contribution >= 0.6 is 0 Å². The summed E-state index contributed by atoms with van der Waals surface area (Å²) in [6.07, 6.45) is 1.97. The number of carbonyl (C=O) groups is 2. The Hall–Kier alpha value is -1.10. The second kappa shape index (κ2) is 4.45. The summed E-state index contributed by atoms with van der Waals surface area (Å²) in [5.41, 5.74) is -1.54. The van der Waals surface area contributed by atoms with E-state index in [0.29, 0.717) is 6.42 Å². The Morgan fingerprint density at radius 2 is 2.14 bits per heavy atom. The number of aliphatic carboxylic acids is 1. The Balaban J connectivity index is 1.91. The fraction of sp³-hybridized carbons (Fsp3) is 0.875. The fourth-order valence-corrected chi connectivity index (χ4v) is 4.57. The van der Waals surface area contributed by atoms with E-state index in [4.69, 9.17) is 9.47 Å². The van der Waals surface area contributed by atoms with Crippen LogP contribution in [-0.2, 0) is 19.1 Å². The van der Waals surface area contributed by atoms with Gasteiger partial charge in [-0.25, -0.2) is 0 Å². The van der Waals surface area contributed by atoms with E-state index >= 15 is 0 Å². The van der Waals surface area contributed by atoms with E-state index in [1.807, 2.05) is 0 Å². The number of hydrogen-bond donors (Lipinski definition) is 1. The topological polar surface area (TPSA) is 72.8 Å². The molecule has 0 aromatic heterocycles. The average Bonchev–Trinajstić information content (AvgIpc) is 2.98. The number of hydrogen-bond acceptors (Lipinski definition) is 4. The van der Waals surface area contributed by atoms with Gasteiger partial charge in [-0.1, -0.05) is 13.8 Å². The van der Waals surface area contributed by atoms with Crippen LogP contribution in [0, 0.1) is 23.2 Å². The predicted octanol–water partition coefficient (Wildman–Crippen LogP) is 2.23. The summed E-state index contributed by atoms with van der Waals surface area (Å²) in [4.78, 5) is 23.8. The Bertz CT molecular complexity index is 483. The van der Waals surface area contributed by atoms with Crippen molar-refractivity contribution in [2.24, 2.45) is 23.2 Å². The molecular formula is C16H24O5. The lowest BCUT2D eigenvalue weighted by Gasteiger charge is -2.35. The van der Waals surface area contributed by atoms with Crippen LogP contribution in [0.15, 0.2) is 0 Å². The molecule has 21 heavy (non-hydrogen) atoms. The summed E-state index contributed by atoms with van der Waals surface area (Å²) >= 11 is 0. The molecule has 5 nitrogen and oxygen atoms in total. The number of cyclic esters (lactones) is 1. The van der Waals surface area contributed by atoms with Crippen molar-refractivity contribution in [3.63, 3.8) is 0 Å². The molecule has 3 aliphatic heterocycles. The van der Waals surface area contributed by atoms with Crippen LogP contribution in [0.5, 0.6) is 0 Å². The number of rotatable bonds is 4. The third-order valence-electron chi connectivity index (χ3n) is 5.48. The van der Waals surface area contributed by atoms with Crippen LogP contribution in [0.2, 0.25) is 0 Å². The average molecular weight is 296 g/mol. The molecule has 118 valence electrons. The summed E-state index contributed by atoms with van der Waals surface area (Å²) in [6.45, 7) is 7.52. The van der Waals surface area contributed by atoms with Crippen molar-refractivity contribution in [1.82, 2.24) is 0 Å². The second-order valence-electron chi connectivity index (χ2n) is 7.83. The van der Waals surface area contributed by atoms with E-state index < -0.39 is 17.0 Å². The normalized spacial score (nSPS) is 41.5. The minimum absolute atomic E-state index is 0.0402. The van der Waals surface area contributed by atoms with E-state index in [1.54, 1.807) is 13.8 Å². The van der Waals surface area contributed by atoms with Crippen molar-refractivity contribution >= 4 is 11.9 Å². The molecule has 3 aliphatic rings. The zero-order valence-electron chi connectivity index (χ0n) is 13.1. The van der Waals surface area contributed by atoms with Crippen LogP contribution in [-0.4, -0.2) is 34.9 Å². The maximum Gasteiger partial charge on any atom is 0.312 e. The van der Waals surface area contributed by atoms with E-state index in [9.17, 15) is 14.7 Å². The van der Waals surface area contributed by atoms with Gasteiger partial charge in [0.2, 0.25) is 0 Å². The molecule has 5 atom stereocenters. The van der Waals surface area contributed by atoms with Gasteiger partial charge in [-0.2, -0.15) is 0 Å². The lowest BCUT2D eigenvalue weighted by atomic mass is 9.65. The number of carbonyl (C=O) groups excluding carboxylic acids is 1. The molecule has 0 aliphatic carbocycles. The molecule has 3 saturated heterocycles. The van der Waals surface area contributed by atoms with Crippen molar-refractivity contribution < 1.29 is 24.2 Å². The van der Waals surface area contributed by atoms with Gasteiger partial charge in [-0.3, -0.25) is 9.59 Å². The first-order valence-corrected chi connectivity index (χ1v) is 7.80. The van der Waals surface area contributed by atoms with Crippen LogP contribution in [0.25, 0.3) is 0 Å². The summed E-state index contributed by atoms with van der Waals surface area (Å²) in [7, 11) is 0. The maximum atomic E-state index is 12.4. The van der Waals surface area contributed by atoms with Gasteiger partial charge in [0.05, 0.1) is 23.0 Å². The summed E-state index contributed by atoms with van der Waals surface area (Å²) in [5.74, 6) is -0.976. The van der Waals surface area contributed by atoms with E-state index in [0.717, 1.165) is 12.8 Å². The lowest BCUT2D eigenvalue weighted by molar-refractivity contribution is -0.160. The van der Waals surface area contributed by atoms with Gasteiger partial charge in [0, 0.05) is 5.92 Å². The predicted molar refractivity (Wildman–Crippen MR) is 74.6 cm³/mol. The molecule has 2 bridgehead atoms. The van der Waals surface area contributed by atoms with Gasteiger partial charge in [-0.15, -0.1) is 0 Å². The van der Waals surface area contributed by atoms with Gasteiger partial charge < -0.3 is 14.6 Å². The number of esters is 1. The second-order valence-corrected chi connectivity index (χ2v) is 7.83. The molecule has 0 spiro atoms. The highest BCUT2D eigenvalue weighted by molar-refractivity contribution is 5.79. The largest absolute Gasteiger partial charge is 0.481 e. The first kappa shape index (κ1) is 14.8. The van der Waals surface area contributed by atoms with Gasteiger partial charge in [0.25, 0.3) is 0 Å². The molecule has 3 fully saturated rings. The summed E-state index contributed by atoms with van der Waals surface area (Å²) in [6, 6.07) is 0. The van der Waals surface area contributed by atoms with Gasteiger partial charge in [0.15, 0.2) is 0 Å². The zero-order valence-corrected chi connectivity index (χ0v) is 13.1. The Kier molecular flexibility index (Phi) is 3.14. The standard InChI is InChI=1S/C16H24O5/c1-8(2)12-10-9-5-6-16(21-9,11(10)13(17)20-12)7-15(3,4)14(18)19/h8-12H,5-7H2,1-4H3,(H,18,19)/t9-,10-,11+,12?,16-/m1/s1. The summed E-state index contributed by atoms with van der Waals surface area (Å²) in [5, 5.41) is 9.40. The third kappa shape index (κ3) is 2.00. The van der Waals surface area contributed by atoms with Gasteiger partial charge in [0.1, 0.15) is 6.10 Å². The molecule has 0 radical (unpaired) electrons. The molecule has 1 N–H and O–H groups in total. The Morgan fingerprint density at radius 3 is 2.71 bits per heavy atom. The van der Waals surface area contributed by atoms with Crippen molar-refractivity contribution in [1.29, 1.82) is 0 Å². The number of fused-ring (bicyclic) bond motifs is 5. The third-order valence-corrected chi connectivity index (χ3v) is 5.48. The van der Waals surface area contributed by atoms with E-state index in [-0.39, 0.29) is 35.9 Å². The first-order valence-electron chi connectivity index (χ1n) is 7.80. The highest BCUT2D eigenvalue weighted by atomic mass is 16.6. The zero-order chi connectivity index (χ0) is 15.6. The van der Waals surface area contributed by atoms with E-state index in [2.05, 4.69) is 13.8 Å². The molecule has 1 unspecified atom stereocenters. The Labute approximate surface area is 125 Å². The summed E-state index contributed by atoms with van der Waals surface area (Å²) < 4.78 is 11.8. The lowest BCUT2D eigenvalue weighted by Crippen LogP contribution is -2.45. The molecule has 0 aromatic rings. The van der Waals surface area contributed by atoms with Crippen LogP contribution < -0.4 is 0 Å². The molecular weight excluding hydrogens is 272 g/mol. The van der Waals surface area contributed by atoms with Crippen LogP contribution in [0.3, 0.4) is 0 Å². The van der Waals surface area contributed by atoms with Crippen molar-refractivity contribution in [2.75, 3.05) is 0 Å². The molecule has 3 rings (SSSR count). The fourth-order valence-electron chi connectivity index (χ4n) is 4.57. The van der Waals surface area contributed by atoms with Crippen LogP contribution in [0.1, 0.15) is 47.0 Å². The first-order chi connectivity index (χ1) is 9.68. The van der Waals surface area contributed by atoms with Crippen molar-refractivity contribution in [2.45, 2.75) is 64.8 Å². The quantitative estimate of drug-likeness (QED) is 0.805. The molecule has 0 saturated carbocycles. The minimum atomic E-state index is -0.903. The van der Waals surface area contributed by atoms with Gasteiger partial charge >= 0.3 is 11.9 Å². The van der Waals surface area contributed by atoms with Crippen molar-refractivity contribution in [3.05, 3.63) is 0 Å². The Morgan fingerprint density at radius 1 is 1.48 bits per heavy atom. The number of carboxylic acid groups (broad SMARTS) is 1. The minimum Gasteiger partial charge on any atom is -0.481 e. The molecule has 5 heteroatoms. The molecule has 0 aromatic carbocycles. The monoisotopic (exact) mass is 296 g/mol. The highest BCUT2D eigenvalue weighted by Gasteiger charge is 2.69. The van der Waals surface area contributed by atoms with Crippen LogP contribution in [0.4, 0.5) is 0 Å². The SMILES string of the molecule is CC(C)C1OC(=O)[C@@H]2[C@H]1[C@H]1CC[C@]2(CC(C)(C)C(=O)O)O1. The van der Waals surface area contributed by atoms with E-state index in [1.165, 1.54) is 0 Å². The smallest absolute Gasteiger partial charge is 0.312 e. The maximum absolute atomic E-state index is 12.4. The number of carboxylic acids is 1. The van der Waals surface area contributed by atoms with Crippen molar-refractivity contribution in [3.8, 4) is 0 Å².